The average molecular weight is 210 g/mol. The number of ether oxygens (including phenoxy) is 3. The highest BCUT2D eigenvalue weighted by Crippen LogP contribution is 2.06. The van der Waals surface area contributed by atoms with E-state index in [1.165, 1.54) is 0 Å². The first-order valence-electron chi connectivity index (χ1n) is 5.04. The van der Waals surface area contributed by atoms with Gasteiger partial charge in [0.2, 0.25) is 0 Å². The van der Waals surface area contributed by atoms with Crippen molar-refractivity contribution in [2.75, 3.05) is 20.8 Å². The van der Waals surface area contributed by atoms with Crippen LogP contribution < -0.4 is 0 Å². The molecule has 1 aromatic rings. The number of hydrogen-bond donors (Lipinski definition) is 0. The second-order valence-electron chi connectivity index (χ2n) is 3.24. The molecular weight excluding hydrogens is 192 g/mol. The molecule has 0 spiro atoms. The molecule has 0 bridgehead atoms. The topological polar surface area (TPSA) is 27.7 Å². The van der Waals surface area contributed by atoms with Gasteiger partial charge in [0.1, 0.15) is 0 Å². The molecule has 3 heteroatoms. The summed E-state index contributed by atoms with van der Waals surface area (Å²) < 4.78 is 15.7. The van der Waals surface area contributed by atoms with Gasteiger partial charge in [0.25, 0.3) is 0 Å². The lowest BCUT2D eigenvalue weighted by Gasteiger charge is -2.15. The first kappa shape index (κ1) is 12.2. The van der Waals surface area contributed by atoms with E-state index in [1.807, 2.05) is 30.3 Å². The smallest absolute Gasteiger partial charge is 0.159 e. The van der Waals surface area contributed by atoms with Crippen molar-refractivity contribution in [3.05, 3.63) is 35.9 Å². The number of methoxy groups -OCH3 is 2. The molecule has 0 aliphatic rings. The van der Waals surface area contributed by atoms with Gasteiger partial charge in [0.05, 0.1) is 13.2 Å². The fourth-order valence-electron chi connectivity index (χ4n) is 1.25. The van der Waals surface area contributed by atoms with Gasteiger partial charge in [-0.05, 0) is 5.56 Å². The van der Waals surface area contributed by atoms with Crippen molar-refractivity contribution in [3.63, 3.8) is 0 Å². The summed E-state index contributed by atoms with van der Waals surface area (Å²) in [6, 6.07) is 10.0. The highest BCUT2D eigenvalue weighted by atomic mass is 16.7. The molecule has 0 N–H and O–H groups in total. The predicted octanol–water partition coefficient (Wildman–Crippen LogP) is 2.21. The molecule has 84 valence electrons. The Morgan fingerprint density at radius 1 is 1.13 bits per heavy atom. The van der Waals surface area contributed by atoms with E-state index in [2.05, 4.69) is 0 Å². The van der Waals surface area contributed by atoms with E-state index >= 15 is 0 Å². The third-order valence-electron chi connectivity index (χ3n) is 2.10. The van der Waals surface area contributed by atoms with Crippen molar-refractivity contribution in [3.8, 4) is 0 Å². The fourth-order valence-corrected chi connectivity index (χ4v) is 1.25. The van der Waals surface area contributed by atoms with Crippen LogP contribution in [0.25, 0.3) is 0 Å². The second-order valence-corrected chi connectivity index (χ2v) is 3.24. The van der Waals surface area contributed by atoms with Crippen molar-refractivity contribution < 1.29 is 14.2 Å². The Labute approximate surface area is 91.0 Å². The minimum absolute atomic E-state index is 0.190. The molecule has 0 saturated heterocycles. The molecule has 0 heterocycles. The SMILES string of the molecule is COCCC(OC)OCc1ccccc1. The van der Waals surface area contributed by atoms with E-state index in [0.29, 0.717) is 13.2 Å². The highest BCUT2D eigenvalue weighted by molar-refractivity contribution is 5.13. The van der Waals surface area contributed by atoms with Gasteiger partial charge >= 0.3 is 0 Å². The zero-order chi connectivity index (χ0) is 10.9. The van der Waals surface area contributed by atoms with Crippen LogP contribution in [0.1, 0.15) is 12.0 Å². The van der Waals surface area contributed by atoms with E-state index in [0.717, 1.165) is 12.0 Å². The Morgan fingerprint density at radius 2 is 1.87 bits per heavy atom. The van der Waals surface area contributed by atoms with Crippen LogP contribution >= 0.6 is 0 Å². The number of hydrogen-bond acceptors (Lipinski definition) is 3. The minimum atomic E-state index is -0.190. The molecule has 0 fully saturated rings. The molecule has 0 radical (unpaired) electrons. The van der Waals surface area contributed by atoms with Crippen molar-refractivity contribution >= 4 is 0 Å². The van der Waals surface area contributed by atoms with Crippen molar-refractivity contribution in [2.45, 2.75) is 19.3 Å². The monoisotopic (exact) mass is 210 g/mol. The summed E-state index contributed by atoms with van der Waals surface area (Å²) in [6.45, 7) is 1.22. The lowest BCUT2D eigenvalue weighted by molar-refractivity contribution is -0.141. The fraction of sp³-hybridized carbons (Fsp3) is 0.500. The molecule has 3 nitrogen and oxygen atoms in total. The minimum Gasteiger partial charge on any atom is -0.384 e. The van der Waals surface area contributed by atoms with Gasteiger partial charge in [-0.15, -0.1) is 0 Å². The maximum Gasteiger partial charge on any atom is 0.159 e. The first-order valence-corrected chi connectivity index (χ1v) is 5.04. The van der Waals surface area contributed by atoms with Crippen LogP contribution in [0.3, 0.4) is 0 Å². The maximum absolute atomic E-state index is 5.58. The van der Waals surface area contributed by atoms with Gasteiger partial charge in [-0.2, -0.15) is 0 Å². The Bertz CT molecular complexity index is 248. The molecule has 0 aromatic heterocycles. The Hall–Kier alpha value is -0.900. The summed E-state index contributed by atoms with van der Waals surface area (Å²) in [4.78, 5) is 0. The molecular formula is C12H18O3. The zero-order valence-corrected chi connectivity index (χ0v) is 9.31. The molecule has 15 heavy (non-hydrogen) atoms. The Balaban J connectivity index is 2.28. The molecule has 1 rings (SSSR count). The highest BCUT2D eigenvalue weighted by Gasteiger charge is 2.06. The third-order valence-corrected chi connectivity index (χ3v) is 2.10. The van der Waals surface area contributed by atoms with E-state index in [9.17, 15) is 0 Å². The standard InChI is InChI=1S/C12H18O3/c1-13-9-8-12(14-2)15-10-11-6-4-3-5-7-11/h3-7,12H,8-10H2,1-2H3. The number of benzene rings is 1. The van der Waals surface area contributed by atoms with E-state index < -0.39 is 0 Å². The predicted molar refractivity (Wildman–Crippen MR) is 58.5 cm³/mol. The molecule has 0 amide bonds. The van der Waals surface area contributed by atoms with Gasteiger partial charge in [-0.3, -0.25) is 0 Å². The molecule has 1 aromatic carbocycles. The van der Waals surface area contributed by atoms with E-state index in [-0.39, 0.29) is 6.29 Å². The van der Waals surface area contributed by atoms with Gasteiger partial charge in [0.15, 0.2) is 6.29 Å². The Morgan fingerprint density at radius 3 is 2.47 bits per heavy atom. The average Bonchev–Trinajstić information content (AvgIpc) is 2.31. The molecule has 1 atom stereocenters. The van der Waals surface area contributed by atoms with Gasteiger partial charge < -0.3 is 14.2 Å². The summed E-state index contributed by atoms with van der Waals surface area (Å²) in [6.07, 6.45) is 0.560. The van der Waals surface area contributed by atoms with Crippen molar-refractivity contribution in [1.82, 2.24) is 0 Å². The summed E-state index contributed by atoms with van der Waals surface area (Å²) >= 11 is 0. The van der Waals surface area contributed by atoms with E-state index in [4.69, 9.17) is 14.2 Å². The lowest BCUT2D eigenvalue weighted by atomic mass is 10.2. The van der Waals surface area contributed by atoms with Crippen LogP contribution in [0.2, 0.25) is 0 Å². The molecule has 0 saturated carbocycles. The van der Waals surface area contributed by atoms with Crippen LogP contribution in [-0.4, -0.2) is 27.1 Å². The third kappa shape index (κ3) is 4.93. The number of rotatable bonds is 7. The van der Waals surface area contributed by atoms with Crippen LogP contribution in [0.15, 0.2) is 30.3 Å². The van der Waals surface area contributed by atoms with Crippen LogP contribution in [0.4, 0.5) is 0 Å². The normalized spacial score (nSPS) is 12.7. The Kier molecular flexibility index (Phi) is 6.00. The van der Waals surface area contributed by atoms with Crippen LogP contribution in [0, 0.1) is 0 Å². The quantitative estimate of drug-likeness (QED) is 0.646. The summed E-state index contributed by atoms with van der Waals surface area (Å²) in [5, 5.41) is 0. The second kappa shape index (κ2) is 7.40. The van der Waals surface area contributed by atoms with Crippen LogP contribution in [0.5, 0.6) is 0 Å². The van der Waals surface area contributed by atoms with Crippen molar-refractivity contribution in [1.29, 1.82) is 0 Å². The zero-order valence-electron chi connectivity index (χ0n) is 9.31. The van der Waals surface area contributed by atoms with Gasteiger partial charge in [-0.1, -0.05) is 30.3 Å². The summed E-state index contributed by atoms with van der Waals surface area (Å²) in [5.74, 6) is 0. The van der Waals surface area contributed by atoms with Gasteiger partial charge in [0, 0.05) is 20.6 Å². The summed E-state index contributed by atoms with van der Waals surface area (Å²) in [7, 11) is 3.31. The molecule has 0 aliphatic heterocycles. The summed E-state index contributed by atoms with van der Waals surface area (Å²) in [5.41, 5.74) is 1.15. The maximum atomic E-state index is 5.58. The first-order chi connectivity index (χ1) is 7.36. The molecule has 0 aliphatic carbocycles. The van der Waals surface area contributed by atoms with Crippen LogP contribution in [-0.2, 0) is 20.8 Å². The lowest BCUT2D eigenvalue weighted by Crippen LogP contribution is -2.17. The van der Waals surface area contributed by atoms with E-state index in [1.54, 1.807) is 14.2 Å². The largest absolute Gasteiger partial charge is 0.384 e. The van der Waals surface area contributed by atoms with Gasteiger partial charge in [-0.25, -0.2) is 0 Å². The molecule has 1 unspecified atom stereocenters. The van der Waals surface area contributed by atoms with Crippen molar-refractivity contribution in [2.24, 2.45) is 0 Å².